The summed E-state index contributed by atoms with van der Waals surface area (Å²) in [6, 6.07) is 3.73. The van der Waals surface area contributed by atoms with E-state index in [4.69, 9.17) is 16.3 Å². The zero-order chi connectivity index (χ0) is 11.6. The molecule has 1 rings (SSSR count). The van der Waals surface area contributed by atoms with Gasteiger partial charge in [0.1, 0.15) is 5.15 Å². The van der Waals surface area contributed by atoms with Crippen molar-refractivity contribution in [2.75, 3.05) is 25.1 Å². The van der Waals surface area contributed by atoms with Crippen LogP contribution >= 0.6 is 11.6 Å². The minimum Gasteiger partial charge on any atom is -0.385 e. The highest BCUT2D eigenvalue weighted by molar-refractivity contribution is 6.29. The fourth-order valence-electron chi connectivity index (χ4n) is 1.27. The van der Waals surface area contributed by atoms with Gasteiger partial charge in [-0.25, -0.2) is 4.98 Å². The molecule has 1 aromatic heterocycles. The summed E-state index contributed by atoms with van der Waals surface area (Å²) in [4.78, 5) is 3.92. The van der Waals surface area contributed by atoms with Crippen molar-refractivity contribution in [3.8, 4) is 0 Å². The maximum absolute atomic E-state index is 5.77. The molecule has 1 heterocycles. The molecular weight excluding hydrogens is 224 g/mol. The van der Waals surface area contributed by atoms with Gasteiger partial charge in [-0.3, -0.25) is 0 Å². The maximum atomic E-state index is 5.77. The van der Waals surface area contributed by atoms with Crippen molar-refractivity contribution in [1.82, 2.24) is 4.98 Å². The first kappa shape index (κ1) is 13.3. The minimum absolute atomic E-state index is 0.518. The molecule has 0 bridgehead atoms. The van der Waals surface area contributed by atoms with E-state index < -0.39 is 0 Å². The van der Waals surface area contributed by atoms with Crippen molar-refractivity contribution in [3.05, 3.63) is 23.5 Å². The third-order valence-electron chi connectivity index (χ3n) is 2.16. The van der Waals surface area contributed by atoms with Gasteiger partial charge in [0.05, 0.1) is 0 Å². The first-order valence-electron chi connectivity index (χ1n) is 5.76. The highest BCUT2D eigenvalue weighted by atomic mass is 35.5. The summed E-state index contributed by atoms with van der Waals surface area (Å²) in [5.74, 6) is 0. The Kier molecular flexibility index (Phi) is 6.93. The summed E-state index contributed by atoms with van der Waals surface area (Å²) in [6.45, 7) is 4.74. The Morgan fingerprint density at radius 3 is 2.94 bits per heavy atom. The number of nitrogens with one attached hydrogen (secondary N) is 1. The van der Waals surface area contributed by atoms with Gasteiger partial charge in [-0.2, -0.15) is 0 Å². The molecular formula is C12H19ClN2O. The number of hydrogen-bond acceptors (Lipinski definition) is 3. The zero-order valence-electron chi connectivity index (χ0n) is 9.71. The van der Waals surface area contributed by atoms with Crippen LogP contribution < -0.4 is 5.32 Å². The third-order valence-corrected chi connectivity index (χ3v) is 2.37. The summed E-state index contributed by atoms with van der Waals surface area (Å²) < 4.78 is 5.46. The molecule has 3 nitrogen and oxygen atoms in total. The van der Waals surface area contributed by atoms with E-state index >= 15 is 0 Å². The van der Waals surface area contributed by atoms with E-state index in [1.54, 1.807) is 6.20 Å². The SMILES string of the molecule is CCCCOCCCNc1ccnc(Cl)c1. The number of nitrogens with zero attached hydrogens (tertiary/aromatic N) is 1. The molecule has 90 valence electrons. The van der Waals surface area contributed by atoms with Crippen molar-refractivity contribution in [2.24, 2.45) is 0 Å². The largest absolute Gasteiger partial charge is 0.385 e. The van der Waals surface area contributed by atoms with E-state index in [0.717, 1.165) is 38.3 Å². The van der Waals surface area contributed by atoms with Crippen molar-refractivity contribution < 1.29 is 4.74 Å². The van der Waals surface area contributed by atoms with Gasteiger partial charge in [-0.1, -0.05) is 24.9 Å². The normalized spacial score (nSPS) is 10.4. The molecule has 0 saturated heterocycles. The van der Waals surface area contributed by atoms with Crippen LogP contribution in [-0.2, 0) is 4.74 Å². The number of halogens is 1. The van der Waals surface area contributed by atoms with Crippen LogP contribution in [0.2, 0.25) is 5.15 Å². The van der Waals surface area contributed by atoms with Gasteiger partial charge in [0, 0.05) is 31.6 Å². The molecule has 0 aromatic carbocycles. The second-order valence-electron chi connectivity index (χ2n) is 3.61. The number of unbranched alkanes of at least 4 members (excludes halogenated alkanes) is 1. The fourth-order valence-corrected chi connectivity index (χ4v) is 1.44. The molecule has 1 aromatic rings. The molecule has 0 amide bonds. The predicted molar refractivity (Wildman–Crippen MR) is 68.1 cm³/mol. The standard InChI is InChI=1S/C12H19ClN2O/c1-2-3-8-16-9-4-6-14-11-5-7-15-12(13)10-11/h5,7,10H,2-4,6,8-9H2,1H3,(H,14,15). The Bertz CT molecular complexity index is 294. The van der Waals surface area contributed by atoms with Crippen LogP contribution in [0.25, 0.3) is 0 Å². The van der Waals surface area contributed by atoms with Crippen LogP contribution in [0.5, 0.6) is 0 Å². The number of anilines is 1. The Morgan fingerprint density at radius 1 is 1.38 bits per heavy atom. The van der Waals surface area contributed by atoms with E-state index in [1.165, 1.54) is 6.42 Å². The first-order chi connectivity index (χ1) is 7.83. The van der Waals surface area contributed by atoms with Crippen LogP contribution in [-0.4, -0.2) is 24.7 Å². The predicted octanol–water partition coefficient (Wildman–Crippen LogP) is 3.35. The summed E-state index contributed by atoms with van der Waals surface area (Å²) in [5.41, 5.74) is 1.01. The van der Waals surface area contributed by atoms with Crippen molar-refractivity contribution in [2.45, 2.75) is 26.2 Å². The molecule has 0 radical (unpaired) electrons. The van der Waals surface area contributed by atoms with Gasteiger partial charge in [0.2, 0.25) is 0 Å². The third kappa shape index (κ3) is 5.93. The molecule has 0 unspecified atom stereocenters. The topological polar surface area (TPSA) is 34.1 Å². The van der Waals surface area contributed by atoms with Gasteiger partial charge < -0.3 is 10.1 Å². The maximum Gasteiger partial charge on any atom is 0.131 e. The molecule has 0 spiro atoms. The van der Waals surface area contributed by atoms with Gasteiger partial charge in [-0.15, -0.1) is 0 Å². The molecule has 0 aliphatic heterocycles. The lowest BCUT2D eigenvalue weighted by Crippen LogP contribution is -2.06. The molecule has 0 aliphatic rings. The van der Waals surface area contributed by atoms with Crippen LogP contribution in [0.15, 0.2) is 18.3 Å². The minimum atomic E-state index is 0.518. The number of ether oxygens (including phenoxy) is 1. The lowest BCUT2D eigenvalue weighted by atomic mass is 10.3. The highest BCUT2D eigenvalue weighted by Crippen LogP contribution is 2.11. The summed E-state index contributed by atoms with van der Waals surface area (Å²) in [7, 11) is 0. The smallest absolute Gasteiger partial charge is 0.131 e. The number of aromatic nitrogens is 1. The van der Waals surface area contributed by atoms with Crippen molar-refractivity contribution in [3.63, 3.8) is 0 Å². The van der Waals surface area contributed by atoms with E-state index in [-0.39, 0.29) is 0 Å². The Labute approximate surface area is 102 Å². The molecule has 4 heteroatoms. The average Bonchev–Trinajstić information content (AvgIpc) is 2.28. The Morgan fingerprint density at radius 2 is 2.19 bits per heavy atom. The molecule has 1 N–H and O–H groups in total. The van der Waals surface area contributed by atoms with Crippen LogP contribution in [0.1, 0.15) is 26.2 Å². The van der Waals surface area contributed by atoms with Crippen LogP contribution in [0, 0.1) is 0 Å². The van der Waals surface area contributed by atoms with E-state index in [0.29, 0.717) is 5.15 Å². The monoisotopic (exact) mass is 242 g/mol. The quantitative estimate of drug-likeness (QED) is 0.561. The number of rotatable bonds is 8. The molecule has 0 fully saturated rings. The summed E-state index contributed by atoms with van der Waals surface area (Å²) >= 11 is 5.77. The number of pyridine rings is 1. The summed E-state index contributed by atoms with van der Waals surface area (Å²) in [5, 5.41) is 3.79. The van der Waals surface area contributed by atoms with Gasteiger partial charge in [0.15, 0.2) is 0 Å². The van der Waals surface area contributed by atoms with E-state index in [2.05, 4.69) is 17.2 Å². The molecule has 0 atom stereocenters. The Balaban J connectivity index is 2.03. The molecule has 0 saturated carbocycles. The Hall–Kier alpha value is -0.800. The number of hydrogen-bond donors (Lipinski definition) is 1. The molecule has 0 aliphatic carbocycles. The fraction of sp³-hybridized carbons (Fsp3) is 0.583. The van der Waals surface area contributed by atoms with Gasteiger partial charge in [0.25, 0.3) is 0 Å². The van der Waals surface area contributed by atoms with Crippen molar-refractivity contribution in [1.29, 1.82) is 0 Å². The lowest BCUT2D eigenvalue weighted by molar-refractivity contribution is 0.131. The van der Waals surface area contributed by atoms with Crippen molar-refractivity contribution >= 4 is 17.3 Å². The van der Waals surface area contributed by atoms with Gasteiger partial charge >= 0.3 is 0 Å². The van der Waals surface area contributed by atoms with Crippen LogP contribution in [0.4, 0.5) is 5.69 Å². The van der Waals surface area contributed by atoms with E-state index in [9.17, 15) is 0 Å². The van der Waals surface area contributed by atoms with Crippen LogP contribution in [0.3, 0.4) is 0 Å². The average molecular weight is 243 g/mol. The van der Waals surface area contributed by atoms with Gasteiger partial charge in [-0.05, 0) is 25.0 Å². The second-order valence-corrected chi connectivity index (χ2v) is 4.00. The zero-order valence-corrected chi connectivity index (χ0v) is 10.5. The highest BCUT2D eigenvalue weighted by Gasteiger charge is 1.94. The lowest BCUT2D eigenvalue weighted by Gasteiger charge is -2.06. The first-order valence-corrected chi connectivity index (χ1v) is 6.14. The van der Waals surface area contributed by atoms with E-state index in [1.807, 2.05) is 12.1 Å². The molecule has 16 heavy (non-hydrogen) atoms. The second kappa shape index (κ2) is 8.36. The summed E-state index contributed by atoms with van der Waals surface area (Å²) in [6.07, 6.45) is 5.03.